The molecule has 14 amide bonds. The number of thioether (sulfide) groups is 1. The Labute approximate surface area is 761 Å². The van der Waals surface area contributed by atoms with Crippen molar-refractivity contribution < 1.29 is 120 Å². The van der Waals surface area contributed by atoms with Crippen molar-refractivity contribution in [1.82, 2.24) is 72.0 Å². The average Bonchev–Trinajstić information content (AvgIpc) is 1.42. The summed E-state index contributed by atoms with van der Waals surface area (Å²) in [6.07, 6.45) is -4.50. The number of aromatic amines is 1. The molecule has 0 bridgehead atoms. The molecule has 39 nitrogen and oxygen atoms in total. The molecule has 43 heteroatoms. The van der Waals surface area contributed by atoms with Crippen molar-refractivity contribution >= 4 is 124 Å². The molecule has 2 aliphatic rings. The fraction of sp³-hybridized carbons (Fsp3) is 0.449. The number of aldehydes is 1. The molecule has 5 aromatic carbocycles. The molecule has 2 saturated heterocycles. The minimum Gasteiger partial charge on any atom is -0.508 e. The number of primary amides is 1. The minimum absolute atomic E-state index is 0.111. The Hall–Kier alpha value is -13.4. The number of amides is 14. The number of hydrogen-bond acceptors (Lipinski definition) is 23. The molecule has 0 spiro atoms. The molecule has 2 aliphatic heterocycles. The number of carbonyl (C=O) groups excluding carboxylic acids is 15. The Balaban J connectivity index is 1.01. The van der Waals surface area contributed by atoms with E-state index >= 15 is 23.2 Å². The van der Waals surface area contributed by atoms with Crippen molar-refractivity contribution in [2.45, 2.75) is 189 Å². The molecule has 2 fully saturated rings. The molecular formula is C89H112F3N17O22S. The van der Waals surface area contributed by atoms with E-state index in [4.69, 9.17) is 17.2 Å². The molecule has 1 aromatic heterocycles. The van der Waals surface area contributed by atoms with Crippen LogP contribution in [-0.4, -0.2) is 306 Å². The number of aromatic nitrogens is 1. The Morgan fingerprint density at radius 2 is 1.07 bits per heavy atom. The van der Waals surface area contributed by atoms with Crippen LogP contribution in [0.2, 0.25) is 0 Å². The third kappa shape index (κ3) is 29.1. The van der Waals surface area contributed by atoms with Crippen LogP contribution in [0, 0.1) is 23.4 Å². The summed E-state index contributed by atoms with van der Waals surface area (Å²) in [6.45, 7) is 2.42. The van der Waals surface area contributed by atoms with Crippen LogP contribution < -0.4 is 59.7 Å². The van der Waals surface area contributed by atoms with Gasteiger partial charge < -0.3 is 120 Å². The molecular weight excluding hydrogens is 1750 g/mol. The number of aromatic hydroxyl groups is 1. The first-order valence-electron chi connectivity index (χ1n) is 42.5. The lowest BCUT2D eigenvalue weighted by Gasteiger charge is -2.38. The molecule has 20 N–H and O–H groups in total. The molecule has 0 aliphatic carbocycles. The number of H-pyrrole nitrogens is 1. The first-order valence-corrected chi connectivity index (χ1v) is 43.7. The lowest BCUT2D eigenvalue weighted by molar-refractivity contribution is -0.152. The molecule has 1 unspecified atom stereocenters. The van der Waals surface area contributed by atoms with Crippen LogP contribution >= 0.6 is 11.8 Å². The summed E-state index contributed by atoms with van der Waals surface area (Å²) >= 11 is 0.598. The van der Waals surface area contributed by atoms with Gasteiger partial charge in [0.2, 0.25) is 82.7 Å². The number of β-amino-alcohol motifs (C(OH)–C–C–N with tert-alkyl or cyclic N) is 2. The van der Waals surface area contributed by atoms with Crippen LogP contribution in [0.5, 0.6) is 5.75 Å². The van der Waals surface area contributed by atoms with E-state index in [9.17, 15) is 97.0 Å². The molecule has 15 atom stereocenters. The maximum atomic E-state index is 15.6. The van der Waals surface area contributed by atoms with Crippen molar-refractivity contribution in [3.63, 3.8) is 0 Å². The number of rotatable bonds is 48. The molecule has 132 heavy (non-hydrogen) atoms. The second-order valence-corrected chi connectivity index (χ2v) is 33.8. The topological polar surface area (TPSA) is 598 Å². The number of fused-ring (bicyclic) bond motifs is 1. The highest BCUT2D eigenvalue weighted by molar-refractivity contribution is 8.00. The van der Waals surface area contributed by atoms with Gasteiger partial charge in [0, 0.05) is 102 Å². The number of phenolic OH excluding ortho intramolecular Hbond substituents is 1. The summed E-state index contributed by atoms with van der Waals surface area (Å²) in [4.78, 5) is 246. The lowest BCUT2D eigenvalue weighted by atomic mass is 9.99. The van der Waals surface area contributed by atoms with Crippen LogP contribution in [0.4, 0.5) is 13.2 Å². The van der Waals surface area contributed by atoms with E-state index in [1.165, 1.54) is 38.4 Å². The van der Waals surface area contributed by atoms with E-state index in [0.29, 0.717) is 64.2 Å². The highest BCUT2D eigenvalue weighted by atomic mass is 32.2. The number of aliphatic carboxylic acids is 2. The zero-order valence-corrected chi connectivity index (χ0v) is 74.2. The molecule has 6 aromatic rings. The van der Waals surface area contributed by atoms with Crippen molar-refractivity contribution in [3.8, 4) is 5.75 Å². The number of aliphatic hydroxyl groups is 2. The number of nitrogens with two attached hydrogens (primary N) is 3. The number of carboxylic acid groups (broad SMARTS) is 2. The van der Waals surface area contributed by atoms with E-state index in [0.717, 1.165) is 37.1 Å². The zero-order chi connectivity index (χ0) is 97.1. The Bertz CT molecular complexity index is 5120. The van der Waals surface area contributed by atoms with Gasteiger partial charge in [0.15, 0.2) is 17.5 Å². The summed E-state index contributed by atoms with van der Waals surface area (Å²) in [7, 11) is 3.72. The van der Waals surface area contributed by atoms with Gasteiger partial charge in [-0.15, -0.1) is 11.8 Å². The number of nitrogens with one attached hydrogen (secondary N) is 9. The maximum Gasteiger partial charge on any atom is 0.305 e. The molecule has 0 saturated carbocycles. The van der Waals surface area contributed by atoms with Crippen LogP contribution in [0.25, 0.3) is 10.9 Å². The standard InChI is InChI=1S/C89H112F3N17O22S/c1-7-8-23-68(88(130)109-43-56(113)36-70(109)84(126)101-64(38-75(118)119)81(123)104-77(47(2)3)89(131)105(4)53(44-110)28-48-17-11-9-12-18-48)106(5)87(129)71(33-49-19-13-10-14-20-49)107(6)86(128)65(32-51-29-58(90)76(92)59(91)30-51)98-73(115)46-132-45-67(78(120)97-41-72(95)114)103-82(124)66(39-93)102-79(121)62(31-50-24-26-54(111)27-25-50)99-80(122)63(34-52-40-96-61-22-16-15-21-57(52)61)100-83(125)69-35-55(112)42-108(69)85(127)60(94)37-74(116)117/h9-22,24-27,29-30,40,44,47,53,55-56,60,62-71,77,96,111-113H,7-8,23,28,31-39,41-43,45-46,93-94H2,1-6H3,(H2,95,114)(H,97,120)(H,98,115)(H,99,122)(H,100,125)(H,101,126)(H,102,121)(H,103,124)(H,104,123)(H,116,117)(H,118,119)/t53?,55-,56-,60+,62+,63+,64+,65+,66+,67+,68+,69-,70-,71+,77+/m1/s1. The number of halogens is 3. The number of likely N-dealkylation sites (N-methyl/N-ethyl adjacent to an activating group) is 3. The summed E-state index contributed by atoms with van der Waals surface area (Å²) in [5.74, 6) is -25.1. The number of carboxylic acids is 2. The van der Waals surface area contributed by atoms with Crippen LogP contribution in [0.3, 0.4) is 0 Å². The van der Waals surface area contributed by atoms with Crippen molar-refractivity contribution in [1.29, 1.82) is 0 Å². The first kappa shape index (κ1) is 104. The summed E-state index contributed by atoms with van der Waals surface area (Å²) in [5.41, 5.74) is 19.5. The lowest BCUT2D eigenvalue weighted by Crippen LogP contribution is -2.61. The second kappa shape index (κ2) is 49.0. The monoisotopic (exact) mass is 1860 g/mol. The van der Waals surface area contributed by atoms with Gasteiger partial charge in [-0.1, -0.05) is 125 Å². The van der Waals surface area contributed by atoms with Crippen LogP contribution in [0.1, 0.15) is 93.5 Å². The first-order chi connectivity index (χ1) is 62.6. The quantitative estimate of drug-likeness (QED) is 0.0148. The number of para-hydroxylation sites is 1. The molecule has 3 heterocycles. The summed E-state index contributed by atoms with van der Waals surface area (Å²) in [5, 5.41) is 71.9. The van der Waals surface area contributed by atoms with E-state index in [2.05, 4.69) is 47.5 Å². The number of phenols is 1. The smallest absolute Gasteiger partial charge is 0.305 e. The zero-order valence-electron chi connectivity index (χ0n) is 73.4. The van der Waals surface area contributed by atoms with Gasteiger partial charge in [0.25, 0.3) is 0 Å². The van der Waals surface area contributed by atoms with Gasteiger partial charge in [0.05, 0.1) is 49.4 Å². The third-order valence-corrected chi connectivity index (χ3v) is 23.6. The van der Waals surface area contributed by atoms with E-state index in [1.54, 1.807) is 112 Å². The predicted octanol–water partition coefficient (Wildman–Crippen LogP) is -1.78. The SMILES string of the molecule is CCCC[C@@H](C(=O)N1C[C@H](O)C[C@@H]1C(=O)N[C@@H](CC(=O)O)C(=O)N[C@H](C(=O)N(C)C(C=O)Cc1ccccc1)C(C)C)N(C)C(=O)[C@H](Cc1ccccc1)N(C)C(=O)[C@H](Cc1cc(F)c(F)c(F)c1)NC(=O)CSC[C@H](NC(=O)[C@H](CN)NC(=O)[C@H](Cc1ccc(O)cc1)NC(=O)[C@H](Cc1c[nH]c2ccccc12)NC(=O)[C@H]1C[C@@H](O)CN1C(=O)[C@@H](N)CC(=O)O)C(=O)NCC(N)=O. The number of benzene rings is 5. The van der Waals surface area contributed by atoms with Gasteiger partial charge in [0.1, 0.15) is 78.5 Å². The molecule has 712 valence electrons. The number of hydrogen-bond donors (Lipinski definition) is 17. The Morgan fingerprint density at radius 1 is 0.561 bits per heavy atom. The Morgan fingerprint density at radius 3 is 1.63 bits per heavy atom. The van der Waals surface area contributed by atoms with Crippen LogP contribution in [0.15, 0.2) is 128 Å². The summed E-state index contributed by atoms with van der Waals surface area (Å²) in [6, 6.07) is 9.08. The van der Waals surface area contributed by atoms with Gasteiger partial charge in [-0.3, -0.25) is 76.7 Å². The average molecular weight is 1860 g/mol. The van der Waals surface area contributed by atoms with Gasteiger partial charge in [-0.25, -0.2) is 13.2 Å². The highest BCUT2D eigenvalue weighted by Gasteiger charge is 2.47. The van der Waals surface area contributed by atoms with Gasteiger partial charge in [-0.2, -0.15) is 0 Å². The number of carbonyl (C=O) groups is 17. The van der Waals surface area contributed by atoms with E-state index in [-0.39, 0.29) is 44.3 Å². The maximum absolute atomic E-state index is 15.6. The third-order valence-electron chi connectivity index (χ3n) is 22.6. The van der Waals surface area contributed by atoms with E-state index in [1.807, 2.05) is 0 Å². The van der Waals surface area contributed by atoms with Crippen molar-refractivity contribution in [2.75, 3.05) is 58.8 Å². The summed E-state index contributed by atoms with van der Waals surface area (Å²) < 4.78 is 44.9. The Kier molecular flexibility index (Phi) is 38.6. The number of aliphatic hydroxyl groups excluding tert-OH is 2. The highest BCUT2D eigenvalue weighted by Crippen LogP contribution is 2.28. The number of nitrogens with zero attached hydrogens (tertiary/aromatic N) is 5. The fourth-order valence-corrected chi connectivity index (χ4v) is 16.2. The van der Waals surface area contributed by atoms with Gasteiger partial charge in [-0.05, 0) is 76.9 Å². The second-order valence-electron chi connectivity index (χ2n) is 32.8. The number of unbranched alkanes of at least 4 members (excludes halogenated alkanes) is 1. The van der Waals surface area contributed by atoms with Crippen molar-refractivity contribution in [2.24, 2.45) is 23.1 Å². The van der Waals surface area contributed by atoms with E-state index < -0.39 is 284 Å². The van der Waals surface area contributed by atoms with Gasteiger partial charge >= 0.3 is 11.9 Å². The minimum atomic E-state index is -1.93. The van der Waals surface area contributed by atoms with Crippen molar-refractivity contribution in [3.05, 3.63) is 173 Å². The predicted molar refractivity (Wildman–Crippen MR) is 471 cm³/mol. The van der Waals surface area contributed by atoms with Crippen LogP contribution in [-0.2, 0) is 114 Å². The normalized spacial score (nSPS) is 17.2. The molecule has 0 radical (unpaired) electrons. The molecule has 8 rings (SSSR count). The largest absolute Gasteiger partial charge is 0.508 e. The fourth-order valence-electron chi connectivity index (χ4n) is 15.4. The number of likely N-dealkylation sites (tertiary alicyclic amines) is 2.